The lowest BCUT2D eigenvalue weighted by molar-refractivity contribution is -0.118. The van der Waals surface area contributed by atoms with Crippen molar-refractivity contribution in [2.45, 2.75) is 31.1 Å². The maximum absolute atomic E-state index is 12.5. The van der Waals surface area contributed by atoms with E-state index in [4.69, 9.17) is 4.74 Å². The van der Waals surface area contributed by atoms with Gasteiger partial charge in [-0.15, -0.1) is 0 Å². The number of anilines is 2. The first-order valence-corrected chi connectivity index (χ1v) is 12.5. The van der Waals surface area contributed by atoms with Gasteiger partial charge in [0.25, 0.3) is 15.9 Å². The molecular formula is C24H25IN2O4S. The van der Waals surface area contributed by atoms with Crippen molar-refractivity contribution in [1.29, 1.82) is 0 Å². The molecular weight excluding hydrogens is 539 g/mol. The zero-order valence-corrected chi connectivity index (χ0v) is 21.0. The van der Waals surface area contributed by atoms with Crippen molar-refractivity contribution in [2.24, 2.45) is 0 Å². The average molecular weight is 564 g/mol. The monoisotopic (exact) mass is 564 g/mol. The minimum Gasteiger partial charge on any atom is -0.484 e. The van der Waals surface area contributed by atoms with Gasteiger partial charge in [-0.05, 0) is 94.2 Å². The van der Waals surface area contributed by atoms with E-state index in [2.05, 4.69) is 53.4 Å². The molecule has 8 heteroatoms. The first-order valence-electron chi connectivity index (χ1n) is 9.95. The molecule has 3 aromatic carbocycles. The van der Waals surface area contributed by atoms with E-state index < -0.39 is 10.0 Å². The van der Waals surface area contributed by atoms with Crippen molar-refractivity contribution >= 4 is 49.9 Å². The van der Waals surface area contributed by atoms with Crippen LogP contribution in [0.2, 0.25) is 0 Å². The number of hydrogen-bond acceptors (Lipinski definition) is 4. The van der Waals surface area contributed by atoms with Gasteiger partial charge in [0.2, 0.25) is 0 Å². The molecule has 0 aliphatic heterocycles. The number of carbonyl (C=O) groups excluding carboxylic acids is 1. The van der Waals surface area contributed by atoms with E-state index in [1.165, 1.54) is 17.7 Å². The summed E-state index contributed by atoms with van der Waals surface area (Å²) < 4.78 is 34.2. The molecule has 32 heavy (non-hydrogen) atoms. The quantitative estimate of drug-likeness (QED) is 0.376. The number of sulfonamides is 1. The van der Waals surface area contributed by atoms with E-state index in [0.717, 1.165) is 3.57 Å². The molecule has 2 N–H and O–H groups in total. The maximum atomic E-state index is 12.5. The van der Waals surface area contributed by atoms with Gasteiger partial charge in [-0.3, -0.25) is 9.52 Å². The molecule has 0 fully saturated rings. The number of nitrogens with one attached hydrogen (secondary N) is 2. The summed E-state index contributed by atoms with van der Waals surface area (Å²) in [6.07, 6.45) is 0. The Bertz CT molecular complexity index is 1170. The SMILES string of the molecule is CC(C)(C)c1ccc(OCC(=O)Nc2ccc(S(=O)(=O)Nc3ccc(I)cc3)cc2)cc1. The fourth-order valence-corrected chi connectivity index (χ4v) is 4.26. The van der Waals surface area contributed by atoms with Gasteiger partial charge in [0, 0.05) is 14.9 Å². The van der Waals surface area contributed by atoms with Crippen LogP contribution in [0, 0.1) is 3.57 Å². The number of hydrogen-bond donors (Lipinski definition) is 2. The number of amides is 1. The Hall–Kier alpha value is -2.59. The number of carbonyl (C=O) groups is 1. The molecule has 0 saturated heterocycles. The summed E-state index contributed by atoms with van der Waals surface area (Å²) in [6.45, 7) is 6.24. The van der Waals surface area contributed by atoms with Crippen LogP contribution >= 0.6 is 22.6 Å². The second-order valence-corrected chi connectivity index (χ2v) is 11.2. The van der Waals surface area contributed by atoms with Gasteiger partial charge in [-0.1, -0.05) is 32.9 Å². The van der Waals surface area contributed by atoms with Crippen molar-refractivity contribution in [3.8, 4) is 5.75 Å². The highest BCUT2D eigenvalue weighted by molar-refractivity contribution is 14.1. The van der Waals surface area contributed by atoms with Crippen LogP contribution in [0.4, 0.5) is 11.4 Å². The molecule has 0 unspecified atom stereocenters. The van der Waals surface area contributed by atoms with Gasteiger partial charge in [-0.2, -0.15) is 0 Å². The Labute approximate surface area is 202 Å². The van der Waals surface area contributed by atoms with Gasteiger partial charge >= 0.3 is 0 Å². The molecule has 3 rings (SSSR count). The summed E-state index contributed by atoms with van der Waals surface area (Å²) in [5.41, 5.74) is 2.19. The highest BCUT2D eigenvalue weighted by Crippen LogP contribution is 2.24. The fraction of sp³-hybridized carbons (Fsp3) is 0.208. The number of rotatable bonds is 7. The van der Waals surface area contributed by atoms with Crippen molar-refractivity contribution in [3.05, 3.63) is 81.9 Å². The van der Waals surface area contributed by atoms with Gasteiger partial charge in [0.1, 0.15) is 5.75 Å². The molecule has 0 heterocycles. The lowest BCUT2D eigenvalue weighted by Gasteiger charge is -2.19. The van der Waals surface area contributed by atoms with Crippen molar-refractivity contribution in [2.75, 3.05) is 16.6 Å². The molecule has 1 amide bonds. The van der Waals surface area contributed by atoms with E-state index in [0.29, 0.717) is 17.1 Å². The third-order valence-corrected chi connectivity index (χ3v) is 6.75. The predicted molar refractivity (Wildman–Crippen MR) is 136 cm³/mol. The van der Waals surface area contributed by atoms with Crippen molar-refractivity contribution in [3.63, 3.8) is 0 Å². The van der Waals surface area contributed by atoms with Gasteiger partial charge < -0.3 is 10.1 Å². The third kappa shape index (κ3) is 6.70. The molecule has 168 valence electrons. The highest BCUT2D eigenvalue weighted by atomic mass is 127. The van der Waals surface area contributed by atoms with Crippen LogP contribution in [0.25, 0.3) is 0 Å². The summed E-state index contributed by atoms with van der Waals surface area (Å²) >= 11 is 2.15. The molecule has 0 atom stereocenters. The second-order valence-electron chi connectivity index (χ2n) is 8.25. The van der Waals surface area contributed by atoms with E-state index in [1.54, 1.807) is 24.3 Å². The van der Waals surface area contributed by atoms with Crippen molar-refractivity contribution in [1.82, 2.24) is 0 Å². The number of benzene rings is 3. The average Bonchev–Trinajstić information content (AvgIpc) is 2.74. The zero-order chi connectivity index (χ0) is 23.4. The fourth-order valence-electron chi connectivity index (χ4n) is 2.85. The third-order valence-electron chi connectivity index (χ3n) is 4.64. The summed E-state index contributed by atoms with van der Waals surface area (Å²) in [4.78, 5) is 12.3. The zero-order valence-electron chi connectivity index (χ0n) is 18.1. The molecule has 3 aromatic rings. The maximum Gasteiger partial charge on any atom is 0.262 e. The van der Waals surface area contributed by atoms with Gasteiger partial charge in [-0.25, -0.2) is 8.42 Å². The van der Waals surface area contributed by atoms with Crippen LogP contribution in [0.5, 0.6) is 5.75 Å². The topological polar surface area (TPSA) is 84.5 Å². The first kappa shape index (κ1) is 24.1. The molecule has 0 saturated carbocycles. The Morgan fingerprint density at radius 2 is 1.44 bits per heavy atom. The van der Waals surface area contributed by atoms with Crippen LogP contribution < -0.4 is 14.8 Å². The molecule has 0 aliphatic carbocycles. The molecule has 0 spiro atoms. The van der Waals surface area contributed by atoms with Gasteiger partial charge in [0.15, 0.2) is 6.61 Å². The highest BCUT2D eigenvalue weighted by Gasteiger charge is 2.15. The van der Waals surface area contributed by atoms with Crippen LogP contribution in [0.1, 0.15) is 26.3 Å². The van der Waals surface area contributed by atoms with Crippen LogP contribution in [-0.4, -0.2) is 20.9 Å². The standard InChI is InChI=1S/C24H25IN2O4S/c1-24(2,3)17-4-12-21(13-5-17)31-16-23(28)26-19-10-14-22(15-11-19)32(29,30)27-20-8-6-18(25)7-9-20/h4-15,27H,16H2,1-3H3,(H,26,28). The van der Waals surface area contributed by atoms with E-state index in [-0.39, 0.29) is 22.8 Å². The normalized spacial score (nSPS) is 11.6. The lowest BCUT2D eigenvalue weighted by Crippen LogP contribution is -2.20. The number of ether oxygens (including phenoxy) is 1. The smallest absolute Gasteiger partial charge is 0.262 e. The molecule has 0 bridgehead atoms. The van der Waals surface area contributed by atoms with Crippen LogP contribution in [-0.2, 0) is 20.2 Å². The Morgan fingerprint density at radius 3 is 2.00 bits per heavy atom. The van der Waals surface area contributed by atoms with Crippen LogP contribution in [0.3, 0.4) is 0 Å². The number of halogens is 1. The predicted octanol–water partition coefficient (Wildman–Crippen LogP) is 5.41. The first-order chi connectivity index (χ1) is 15.0. The van der Waals surface area contributed by atoms with E-state index in [9.17, 15) is 13.2 Å². The Morgan fingerprint density at radius 1 is 0.875 bits per heavy atom. The van der Waals surface area contributed by atoms with E-state index >= 15 is 0 Å². The van der Waals surface area contributed by atoms with E-state index in [1.807, 2.05) is 36.4 Å². The Balaban J connectivity index is 1.55. The molecule has 0 aromatic heterocycles. The summed E-state index contributed by atoms with van der Waals surface area (Å²) in [5, 5.41) is 2.70. The van der Waals surface area contributed by atoms with Gasteiger partial charge in [0.05, 0.1) is 4.90 Å². The lowest BCUT2D eigenvalue weighted by atomic mass is 9.87. The van der Waals surface area contributed by atoms with Crippen molar-refractivity contribution < 1.29 is 17.9 Å². The largest absolute Gasteiger partial charge is 0.484 e. The van der Waals surface area contributed by atoms with Crippen LogP contribution in [0.15, 0.2) is 77.7 Å². The molecule has 0 radical (unpaired) electrons. The second kappa shape index (κ2) is 9.91. The Kier molecular flexibility index (Phi) is 7.45. The summed E-state index contributed by atoms with van der Waals surface area (Å²) in [7, 11) is -3.72. The molecule has 0 aliphatic rings. The molecule has 6 nitrogen and oxygen atoms in total. The minimum atomic E-state index is -3.72. The minimum absolute atomic E-state index is 0.0465. The summed E-state index contributed by atoms with van der Waals surface area (Å²) in [6, 6.07) is 20.6. The summed E-state index contributed by atoms with van der Waals surface area (Å²) in [5.74, 6) is 0.272.